The van der Waals surface area contributed by atoms with Crippen molar-refractivity contribution < 1.29 is 14.3 Å². The van der Waals surface area contributed by atoms with Crippen LogP contribution in [0.5, 0.6) is 5.75 Å². The van der Waals surface area contributed by atoms with Crippen LogP contribution in [0.1, 0.15) is 25.8 Å². The van der Waals surface area contributed by atoms with Crippen LogP contribution >= 0.6 is 0 Å². The van der Waals surface area contributed by atoms with Gasteiger partial charge in [0.2, 0.25) is 0 Å². The number of hydrogen-bond donors (Lipinski definition) is 0. The number of nitrogens with zero attached hydrogens (tertiary/aromatic N) is 1. The summed E-state index contributed by atoms with van der Waals surface area (Å²) in [6.07, 6.45) is 0.402. The molecule has 0 aromatic heterocycles. The number of rotatable bonds is 7. The molecular weight excluding hydrogens is 242 g/mol. The number of ether oxygens (including phenoxy) is 2. The summed E-state index contributed by atoms with van der Waals surface area (Å²) in [6.45, 7) is 5.01. The maximum Gasteiger partial charge on any atom is 0.307 e. The predicted molar refractivity (Wildman–Crippen MR) is 75.2 cm³/mol. The van der Waals surface area contributed by atoms with E-state index in [2.05, 4.69) is 4.90 Å². The molecule has 4 heteroatoms. The molecule has 4 nitrogen and oxygen atoms in total. The van der Waals surface area contributed by atoms with Crippen molar-refractivity contribution in [2.75, 3.05) is 20.8 Å². The van der Waals surface area contributed by atoms with Crippen LogP contribution in [0.25, 0.3) is 0 Å². The topological polar surface area (TPSA) is 38.8 Å². The highest BCUT2D eigenvalue weighted by atomic mass is 16.5. The van der Waals surface area contributed by atoms with Crippen LogP contribution in [-0.4, -0.2) is 37.7 Å². The van der Waals surface area contributed by atoms with Crippen molar-refractivity contribution in [2.45, 2.75) is 32.9 Å². The minimum atomic E-state index is -0.151. The maximum absolute atomic E-state index is 11.5. The Labute approximate surface area is 115 Å². The lowest BCUT2D eigenvalue weighted by Crippen LogP contribution is -2.31. The van der Waals surface area contributed by atoms with E-state index in [1.165, 1.54) is 0 Å². The lowest BCUT2D eigenvalue weighted by Gasteiger charge is -2.24. The molecule has 106 valence electrons. The van der Waals surface area contributed by atoms with Crippen LogP contribution in [0, 0.1) is 0 Å². The van der Waals surface area contributed by atoms with Gasteiger partial charge in [0.25, 0.3) is 0 Å². The molecule has 1 unspecified atom stereocenters. The molecule has 1 rings (SSSR count). The van der Waals surface area contributed by atoms with Gasteiger partial charge in [-0.25, -0.2) is 0 Å². The molecule has 0 fully saturated rings. The van der Waals surface area contributed by atoms with Crippen LogP contribution < -0.4 is 4.74 Å². The van der Waals surface area contributed by atoms with Crippen molar-refractivity contribution in [3.8, 4) is 5.75 Å². The van der Waals surface area contributed by atoms with Gasteiger partial charge in [0.05, 0.1) is 20.1 Å². The van der Waals surface area contributed by atoms with E-state index >= 15 is 0 Å². The molecule has 1 aromatic rings. The Balaban J connectivity index is 2.58. The minimum absolute atomic E-state index is 0.129. The fourth-order valence-corrected chi connectivity index (χ4v) is 1.88. The van der Waals surface area contributed by atoms with Crippen molar-refractivity contribution in [3.05, 3.63) is 29.8 Å². The van der Waals surface area contributed by atoms with E-state index in [4.69, 9.17) is 9.47 Å². The van der Waals surface area contributed by atoms with Gasteiger partial charge in [-0.15, -0.1) is 0 Å². The Morgan fingerprint density at radius 1 is 1.37 bits per heavy atom. The van der Waals surface area contributed by atoms with Gasteiger partial charge >= 0.3 is 5.97 Å². The fraction of sp³-hybridized carbons (Fsp3) is 0.533. The van der Waals surface area contributed by atoms with Crippen molar-refractivity contribution in [1.82, 2.24) is 4.90 Å². The summed E-state index contributed by atoms with van der Waals surface area (Å²) in [5.74, 6) is 0.722. The van der Waals surface area contributed by atoms with Gasteiger partial charge in [0.15, 0.2) is 0 Å². The van der Waals surface area contributed by atoms with Crippen LogP contribution in [0.2, 0.25) is 0 Å². The van der Waals surface area contributed by atoms with Crippen LogP contribution in [-0.2, 0) is 16.1 Å². The molecule has 0 aliphatic rings. The molecular formula is C15H23NO3. The molecule has 0 bridgehead atoms. The van der Waals surface area contributed by atoms with Gasteiger partial charge in [0, 0.05) is 18.2 Å². The molecule has 0 heterocycles. The van der Waals surface area contributed by atoms with Gasteiger partial charge in [-0.1, -0.05) is 18.2 Å². The summed E-state index contributed by atoms with van der Waals surface area (Å²) >= 11 is 0. The number of para-hydroxylation sites is 1. The Bertz CT molecular complexity index is 406. The van der Waals surface area contributed by atoms with Crippen LogP contribution in [0.4, 0.5) is 0 Å². The summed E-state index contributed by atoms with van der Waals surface area (Å²) in [5.41, 5.74) is 1.11. The zero-order valence-electron chi connectivity index (χ0n) is 12.2. The molecule has 0 amide bonds. The minimum Gasteiger partial charge on any atom is -0.496 e. The number of esters is 1. The molecule has 1 aromatic carbocycles. The number of carbonyl (C=O) groups is 1. The maximum atomic E-state index is 11.5. The third kappa shape index (κ3) is 4.91. The van der Waals surface area contributed by atoms with Crippen molar-refractivity contribution in [3.63, 3.8) is 0 Å². The number of methoxy groups -OCH3 is 1. The molecule has 0 spiro atoms. The standard InChI is InChI=1S/C15H23NO3/c1-5-19-15(17)10-12(2)16(3)11-13-8-6-7-9-14(13)18-4/h6-9,12H,5,10-11H2,1-4H3. The third-order valence-electron chi connectivity index (χ3n) is 3.13. The SMILES string of the molecule is CCOC(=O)CC(C)N(C)Cc1ccccc1OC. The highest BCUT2D eigenvalue weighted by Gasteiger charge is 2.16. The quantitative estimate of drug-likeness (QED) is 0.710. The Morgan fingerprint density at radius 3 is 2.68 bits per heavy atom. The first-order chi connectivity index (χ1) is 9.08. The van der Waals surface area contributed by atoms with E-state index < -0.39 is 0 Å². The average molecular weight is 265 g/mol. The van der Waals surface area contributed by atoms with Crippen molar-refractivity contribution >= 4 is 5.97 Å². The first-order valence-corrected chi connectivity index (χ1v) is 6.56. The van der Waals surface area contributed by atoms with Gasteiger partial charge < -0.3 is 9.47 Å². The molecule has 0 saturated heterocycles. The zero-order chi connectivity index (χ0) is 14.3. The number of hydrogen-bond acceptors (Lipinski definition) is 4. The summed E-state index contributed by atoms with van der Waals surface area (Å²) in [7, 11) is 3.66. The largest absolute Gasteiger partial charge is 0.496 e. The summed E-state index contributed by atoms with van der Waals surface area (Å²) in [6, 6.07) is 8.04. The molecule has 1 atom stereocenters. The van der Waals surface area contributed by atoms with E-state index in [0.29, 0.717) is 13.0 Å². The molecule has 0 saturated carbocycles. The second kappa shape index (κ2) is 7.79. The average Bonchev–Trinajstić information content (AvgIpc) is 2.39. The van der Waals surface area contributed by atoms with Gasteiger partial charge in [-0.3, -0.25) is 9.69 Å². The summed E-state index contributed by atoms with van der Waals surface area (Å²) in [4.78, 5) is 13.6. The monoisotopic (exact) mass is 265 g/mol. The van der Waals surface area contributed by atoms with Crippen molar-refractivity contribution in [1.29, 1.82) is 0 Å². The second-order valence-corrected chi connectivity index (χ2v) is 4.59. The first-order valence-electron chi connectivity index (χ1n) is 6.56. The van der Waals surface area contributed by atoms with E-state index in [1.54, 1.807) is 7.11 Å². The first kappa shape index (κ1) is 15.5. The van der Waals surface area contributed by atoms with Crippen LogP contribution in [0.3, 0.4) is 0 Å². The number of carbonyl (C=O) groups excluding carboxylic acids is 1. The fourth-order valence-electron chi connectivity index (χ4n) is 1.88. The van der Waals surface area contributed by atoms with E-state index in [9.17, 15) is 4.79 Å². The van der Waals surface area contributed by atoms with E-state index in [-0.39, 0.29) is 12.0 Å². The normalized spacial score (nSPS) is 12.3. The predicted octanol–water partition coefficient (Wildman–Crippen LogP) is 2.47. The lowest BCUT2D eigenvalue weighted by atomic mass is 10.1. The Hall–Kier alpha value is -1.55. The zero-order valence-corrected chi connectivity index (χ0v) is 12.2. The van der Waals surface area contributed by atoms with Gasteiger partial charge in [-0.2, -0.15) is 0 Å². The lowest BCUT2D eigenvalue weighted by molar-refractivity contribution is -0.144. The number of benzene rings is 1. The van der Waals surface area contributed by atoms with E-state index in [1.807, 2.05) is 45.2 Å². The molecule has 0 radical (unpaired) electrons. The smallest absolute Gasteiger partial charge is 0.307 e. The Morgan fingerprint density at radius 2 is 2.05 bits per heavy atom. The second-order valence-electron chi connectivity index (χ2n) is 4.59. The van der Waals surface area contributed by atoms with Crippen molar-refractivity contribution in [2.24, 2.45) is 0 Å². The highest BCUT2D eigenvalue weighted by molar-refractivity contribution is 5.70. The summed E-state index contributed by atoms with van der Waals surface area (Å²) in [5, 5.41) is 0. The molecule has 0 aliphatic carbocycles. The highest BCUT2D eigenvalue weighted by Crippen LogP contribution is 2.20. The van der Waals surface area contributed by atoms with E-state index in [0.717, 1.165) is 17.9 Å². The van der Waals surface area contributed by atoms with Gasteiger partial charge in [-0.05, 0) is 27.0 Å². The Kier molecular flexibility index (Phi) is 6.36. The molecule has 19 heavy (non-hydrogen) atoms. The third-order valence-corrected chi connectivity index (χ3v) is 3.13. The molecule has 0 aliphatic heterocycles. The summed E-state index contributed by atoms with van der Waals surface area (Å²) < 4.78 is 10.3. The van der Waals surface area contributed by atoms with Gasteiger partial charge in [0.1, 0.15) is 5.75 Å². The van der Waals surface area contributed by atoms with Crippen LogP contribution in [0.15, 0.2) is 24.3 Å². The molecule has 0 N–H and O–H groups in total.